The van der Waals surface area contributed by atoms with Crippen molar-refractivity contribution < 1.29 is 9.53 Å². The van der Waals surface area contributed by atoms with Crippen LogP contribution in [0.25, 0.3) is 10.9 Å². The highest BCUT2D eigenvalue weighted by Gasteiger charge is 2.07. The molecule has 0 radical (unpaired) electrons. The highest BCUT2D eigenvalue weighted by molar-refractivity contribution is 6.30. The second-order valence-electron chi connectivity index (χ2n) is 4.58. The summed E-state index contributed by atoms with van der Waals surface area (Å²) >= 11 is 5.80. The van der Waals surface area contributed by atoms with E-state index in [4.69, 9.17) is 16.3 Å². The number of halogens is 1. The van der Waals surface area contributed by atoms with E-state index in [0.29, 0.717) is 16.3 Å². The Morgan fingerprint density at radius 2 is 1.90 bits per heavy atom. The SMILES string of the molecule is O=C(COc1ccc2cccnc2c1)c1ccc(Cl)cc1. The molecule has 0 aliphatic heterocycles. The number of aromatic nitrogens is 1. The van der Waals surface area contributed by atoms with E-state index in [1.165, 1.54) is 0 Å². The fraction of sp³-hybridized carbons (Fsp3) is 0.0588. The monoisotopic (exact) mass is 297 g/mol. The summed E-state index contributed by atoms with van der Waals surface area (Å²) in [6, 6.07) is 16.2. The third-order valence-electron chi connectivity index (χ3n) is 3.11. The number of nitrogens with zero attached hydrogens (tertiary/aromatic N) is 1. The molecule has 0 fully saturated rings. The predicted molar refractivity (Wildman–Crippen MR) is 83.0 cm³/mol. The van der Waals surface area contributed by atoms with Crippen LogP contribution in [0.3, 0.4) is 0 Å². The van der Waals surface area contributed by atoms with Gasteiger partial charge in [-0.3, -0.25) is 9.78 Å². The minimum Gasteiger partial charge on any atom is -0.485 e. The summed E-state index contributed by atoms with van der Waals surface area (Å²) in [6.45, 7) is -0.0139. The standard InChI is InChI=1S/C17H12ClNO2/c18-14-6-3-13(4-7-14)17(20)11-21-15-8-5-12-2-1-9-19-16(12)10-15/h1-10H,11H2. The van der Waals surface area contributed by atoms with E-state index >= 15 is 0 Å². The van der Waals surface area contributed by atoms with Gasteiger partial charge in [0.2, 0.25) is 0 Å². The minimum absolute atomic E-state index is 0.0139. The molecule has 0 saturated heterocycles. The lowest BCUT2D eigenvalue weighted by atomic mass is 10.1. The number of ether oxygens (including phenoxy) is 1. The molecule has 104 valence electrons. The molecule has 0 N–H and O–H groups in total. The Morgan fingerprint density at radius 1 is 1.10 bits per heavy atom. The van der Waals surface area contributed by atoms with Gasteiger partial charge in [0, 0.05) is 28.2 Å². The Hall–Kier alpha value is -2.39. The zero-order chi connectivity index (χ0) is 14.7. The van der Waals surface area contributed by atoms with Crippen molar-refractivity contribution in [1.29, 1.82) is 0 Å². The largest absolute Gasteiger partial charge is 0.485 e. The van der Waals surface area contributed by atoms with Crippen molar-refractivity contribution in [3.8, 4) is 5.75 Å². The molecule has 3 nitrogen and oxygen atoms in total. The maximum absolute atomic E-state index is 12.0. The maximum Gasteiger partial charge on any atom is 0.200 e. The first-order chi connectivity index (χ1) is 10.2. The van der Waals surface area contributed by atoms with E-state index in [0.717, 1.165) is 10.9 Å². The van der Waals surface area contributed by atoms with E-state index in [1.54, 1.807) is 30.5 Å². The number of hydrogen-bond acceptors (Lipinski definition) is 3. The molecular formula is C17H12ClNO2. The molecule has 21 heavy (non-hydrogen) atoms. The van der Waals surface area contributed by atoms with Crippen LogP contribution in [-0.2, 0) is 0 Å². The second-order valence-corrected chi connectivity index (χ2v) is 5.01. The number of carbonyl (C=O) groups is 1. The van der Waals surface area contributed by atoms with Crippen LogP contribution in [0.1, 0.15) is 10.4 Å². The van der Waals surface area contributed by atoms with Crippen LogP contribution in [0.15, 0.2) is 60.8 Å². The average molecular weight is 298 g/mol. The third kappa shape index (κ3) is 3.20. The number of rotatable bonds is 4. The molecule has 1 aromatic heterocycles. The molecule has 0 saturated carbocycles. The quantitative estimate of drug-likeness (QED) is 0.679. The van der Waals surface area contributed by atoms with Gasteiger partial charge in [-0.15, -0.1) is 0 Å². The van der Waals surface area contributed by atoms with Crippen LogP contribution >= 0.6 is 11.6 Å². The molecule has 0 spiro atoms. The third-order valence-corrected chi connectivity index (χ3v) is 3.37. The average Bonchev–Trinajstić information content (AvgIpc) is 2.53. The van der Waals surface area contributed by atoms with Gasteiger partial charge in [-0.1, -0.05) is 17.7 Å². The Balaban J connectivity index is 1.71. The number of fused-ring (bicyclic) bond motifs is 1. The maximum atomic E-state index is 12.0. The Morgan fingerprint density at radius 3 is 2.71 bits per heavy atom. The molecule has 3 rings (SSSR count). The Labute approximate surface area is 127 Å². The molecule has 0 aliphatic rings. The van der Waals surface area contributed by atoms with Crippen molar-refractivity contribution in [2.75, 3.05) is 6.61 Å². The van der Waals surface area contributed by atoms with Gasteiger partial charge in [0.1, 0.15) is 5.75 Å². The normalized spacial score (nSPS) is 10.5. The zero-order valence-electron chi connectivity index (χ0n) is 11.1. The van der Waals surface area contributed by atoms with Crippen LogP contribution in [0.4, 0.5) is 0 Å². The Bertz CT molecular complexity index is 784. The molecule has 0 atom stereocenters. The van der Waals surface area contributed by atoms with Crippen molar-refractivity contribution >= 4 is 28.3 Å². The molecule has 3 aromatic rings. The van der Waals surface area contributed by atoms with Crippen LogP contribution in [-0.4, -0.2) is 17.4 Å². The van der Waals surface area contributed by atoms with Gasteiger partial charge in [0.05, 0.1) is 5.52 Å². The smallest absolute Gasteiger partial charge is 0.200 e. The summed E-state index contributed by atoms with van der Waals surface area (Å²) in [5.41, 5.74) is 1.42. The summed E-state index contributed by atoms with van der Waals surface area (Å²) in [4.78, 5) is 16.3. The molecule has 1 heterocycles. The van der Waals surface area contributed by atoms with Crippen LogP contribution in [0, 0.1) is 0 Å². The minimum atomic E-state index is -0.0900. The lowest BCUT2D eigenvalue weighted by Gasteiger charge is -2.06. The lowest BCUT2D eigenvalue weighted by Crippen LogP contribution is -2.11. The molecule has 2 aromatic carbocycles. The van der Waals surface area contributed by atoms with Gasteiger partial charge in [-0.2, -0.15) is 0 Å². The molecule has 0 bridgehead atoms. The van der Waals surface area contributed by atoms with Gasteiger partial charge < -0.3 is 4.74 Å². The van der Waals surface area contributed by atoms with Crippen LogP contribution in [0.5, 0.6) is 5.75 Å². The number of Topliss-reactive ketones (excluding diaryl/α,β-unsaturated/α-hetero) is 1. The Kier molecular flexibility index (Phi) is 3.84. The van der Waals surface area contributed by atoms with Gasteiger partial charge >= 0.3 is 0 Å². The molecule has 4 heteroatoms. The van der Waals surface area contributed by atoms with E-state index in [9.17, 15) is 4.79 Å². The topological polar surface area (TPSA) is 39.2 Å². The molecular weight excluding hydrogens is 286 g/mol. The van der Waals surface area contributed by atoms with Gasteiger partial charge in [0.25, 0.3) is 0 Å². The summed E-state index contributed by atoms with van der Waals surface area (Å²) in [7, 11) is 0. The van der Waals surface area contributed by atoms with E-state index in [-0.39, 0.29) is 12.4 Å². The predicted octanol–water partition coefficient (Wildman–Crippen LogP) is 4.15. The summed E-state index contributed by atoms with van der Waals surface area (Å²) < 4.78 is 5.54. The molecule has 0 aliphatic carbocycles. The summed E-state index contributed by atoms with van der Waals surface area (Å²) in [5, 5.41) is 1.64. The van der Waals surface area contributed by atoms with Gasteiger partial charge in [-0.05, 0) is 42.5 Å². The fourth-order valence-electron chi connectivity index (χ4n) is 2.00. The first kappa shape index (κ1) is 13.6. The lowest BCUT2D eigenvalue weighted by molar-refractivity contribution is 0.0921. The number of carbonyl (C=O) groups excluding carboxylic acids is 1. The van der Waals surface area contributed by atoms with Crippen LogP contribution < -0.4 is 4.74 Å². The van der Waals surface area contributed by atoms with E-state index in [1.807, 2.05) is 30.3 Å². The van der Waals surface area contributed by atoms with Gasteiger partial charge in [-0.25, -0.2) is 0 Å². The van der Waals surface area contributed by atoms with Crippen molar-refractivity contribution in [2.24, 2.45) is 0 Å². The second kappa shape index (κ2) is 5.94. The summed E-state index contributed by atoms with van der Waals surface area (Å²) in [6.07, 6.45) is 1.73. The zero-order valence-corrected chi connectivity index (χ0v) is 11.9. The highest BCUT2D eigenvalue weighted by atomic mass is 35.5. The van der Waals surface area contributed by atoms with E-state index in [2.05, 4.69) is 4.98 Å². The summed E-state index contributed by atoms with van der Waals surface area (Å²) in [5.74, 6) is 0.538. The number of hydrogen-bond donors (Lipinski definition) is 0. The molecule has 0 unspecified atom stereocenters. The van der Waals surface area contributed by atoms with Gasteiger partial charge in [0.15, 0.2) is 12.4 Å². The van der Waals surface area contributed by atoms with Crippen molar-refractivity contribution in [3.63, 3.8) is 0 Å². The van der Waals surface area contributed by atoms with Crippen LogP contribution in [0.2, 0.25) is 5.02 Å². The van der Waals surface area contributed by atoms with Crippen molar-refractivity contribution in [1.82, 2.24) is 4.98 Å². The first-order valence-corrected chi connectivity index (χ1v) is 6.86. The molecule has 0 amide bonds. The number of ketones is 1. The highest BCUT2D eigenvalue weighted by Crippen LogP contribution is 2.19. The number of benzene rings is 2. The van der Waals surface area contributed by atoms with E-state index < -0.39 is 0 Å². The first-order valence-electron chi connectivity index (χ1n) is 6.49. The fourth-order valence-corrected chi connectivity index (χ4v) is 2.13. The number of pyridine rings is 1. The van der Waals surface area contributed by atoms with Crippen molar-refractivity contribution in [3.05, 3.63) is 71.4 Å². The van der Waals surface area contributed by atoms with Crippen molar-refractivity contribution in [2.45, 2.75) is 0 Å².